The Morgan fingerprint density at radius 3 is 2.71 bits per heavy atom. The Balaban J connectivity index is 1.25. The summed E-state index contributed by atoms with van der Waals surface area (Å²) in [5.74, 6) is 0.766. The summed E-state index contributed by atoms with van der Waals surface area (Å²) in [4.78, 5) is 20.0. The fraction of sp³-hybridized carbons (Fsp3) is 0.346. The molecule has 0 radical (unpaired) electrons. The van der Waals surface area contributed by atoms with Gasteiger partial charge in [-0.2, -0.15) is 5.10 Å². The molecular weight excluding hydrogens is 460 g/mol. The van der Waals surface area contributed by atoms with E-state index in [9.17, 15) is 4.79 Å². The molecule has 9 heteroatoms. The molecular formula is C26H30N6O2S. The van der Waals surface area contributed by atoms with E-state index in [1.807, 2.05) is 36.0 Å². The van der Waals surface area contributed by atoms with Crippen LogP contribution in [-0.2, 0) is 0 Å². The third kappa shape index (κ3) is 5.53. The van der Waals surface area contributed by atoms with E-state index in [2.05, 4.69) is 32.4 Å². The van der Waals surface area contributed by atoms with Crippen molar-refractivity contribution in [1.29, 1.82) is 0 Å². The van der Waals surface area contributed by atoms with Gasteiger partial charge in [-0.05, 0) is 60.6 Å². The molecule has 1 amide bonds. The number of hydrogen-bond donors (Lipinski definition) is 2. The molecule has 1 aliphatic heterocycles. The van der Waals surface area contributed by atoms with E-state index >= 15 is 0 Å². The number of benzene rings is 1. The number of amides is 1. The first-order chi connectivity index (χ1) is 17.2. The Bertz CT molecular complexity index is 1280. The number of hydrogen-bond acceptors (Lipinski definition) is 7. The number of nitrogens with two attached hydrogens (primary N) is 1. The van der Waals surface area contributed by atoms with E-state index in [1.54, 1.807) is 10.7 Å². The normalized spacial score (nSPS) is 14.3. The Morgan fingerprint density at radius 2 is 1.91 bits per heavy atom. The van der Waals surface area contributed by atoms with Crippen LogP contribution in [-0.4, -0.2) is 64.7 Å². The average Bonchev–Trinajstić information content (AvgIpc) is 3.55. The highest BCUT2D eigenvalue weighted by Crippen LogP contribution is 2.29. The van der Waals surface area contributed by atoms with Crippen molar-refractivity contribution in [1.82, 2.24) is 24.8 Å². The first-order valence-corrected chi connectivity index (χ1v) is 13.0. The summed E-state index contributed by atoms with van der Waals surface area (Å²) >= 11 is 1.40. The zero-order valence-electron chi connectivity index (χ0n) is 19.7. The van der Waals surface area contributed by atoms with Gasteiger partial charge in [0, 0.05) is 43.2 Å². The minimum absolute atomic E-state index is 0.114. The van der Waals surface area contributed by atoms with Gasteiger partial charge in [-0.15, -0.1) is 11.3 Å². The maximum Gasteiger partial charge on any atom is 0.261 e. The lowest BCUT2D eigenvalue weighted by Crippen LogP contribution is -2.33. The van der Waals surface area contributed by atoms with Gasteiger partial charge in [-0.3, -0.25) is 9.69 Å². The van der Waals surface area contributed by atoms with Crippen molar-refractivity contribution in [2.24, 2.45) is 5.73 Å². The first-order valence-electron chi connectivity index (χ1n) is 12.1. The van der Waals surface area contributed by atoms with Gasteiger partial charge >= 0.3 is 0 Å². The second kappa shape index (κ2) is 11.0. The van der Waals surface area contributed by atoms with Crippen molar-refractivity contribution in [3.05, 3.63) is 59.2 Å². The monoisotopic (exact) mass is 490 g/mol. The van der Waals surface area contributed by atoms with Crippen LogP contribution in [0.3, 0.4) is 0 Å². The molecule has 1 aromatic carbocycles. The number of piperidine rings is 1. The summed E-state index contributed by atoms with van der Waals surface area (Å²) < 4.78 is 7.73. The van der Waals surface area contributed by atoms with Crippen molar-refractivity contribution in [2.45, 2.75) is 19.3 Å². The summed E-state index contributed by atoms with van der Waals surface area (Å²) in [6.45, 7) is 4.93. The topological polar surface area (TPSA) is 97.8 Å². The highest BCUT2D eigenvalue weighted by molar-refractivity contribution is 7.12. The van der Waals surface area contributed by atoms with Crippen LogP contribution in [0.4, 0.5) is 0 Å². The number of nitrogens with zero attached hydrogens (tertiary/aromatic N) is 4. The van der Waals surface area contributed by atoms with Gasteiger partial charge in [-0.1, -0.05) is 18.6 Å². The van der Waals surface area contributed by atoms with Gasteiger partial charge in [0.2, 0.25) is 0 Å². The number of ether oxygens (including phenoxy) is 1. The number of aromatic nitrogens is 3. The van der Waals surface area contributed by atoms with E-state index in [-0.39, 0.29) is 5.91 Å². The molecule has 4 heterocycles. The van der Waals surface area contributed by atoms with Crippen molar-refractivity contribution < 1.29 is 9.53 Å². The third-order valence-electron chi connectivity index (χ3n) is 6.23. The molecule has 3 N–H and O–H groups in total. The smallest absolute Gasteiger partial charge is 0.261 e. The second-order valence-corrected chi connectivity index (χ2v) is 9.60. The summed E-state index contributed by atoms with van der Waals surface area (Å²) in [6.07, 6.45) is 9.56. The molecule has 8 nitrogen and oxygen atoms in total. The van der Waals surface area contributed by atoms with Crippen LogP contribution in [0.1, 0.15) is 28.9 Å². The van der Waals surface area contributed by atoms with Crippen molar-refractivity contribution in [3.8, 4) is 28.0 Å². The molecule has 5 rings (SSSR count). The highest BCUT2D eigenvalue weighted by atomic mass is 32.1. The second-order valence-electron chi connectivity index (χ2n) is 8.69. The molecule has 1 fully saturated rings. The number of nitrogens with one attached hydrogen (secondary N) is 1. The number of rotatable bonds is 9. The standard InChI is InChI=1S/C26H30N6O2S/c27-8-9-28-26(33)24-14-20(18-35-24)23-16-30-32-17-21(15-29-25(23)32)19-4-6-22(7-5-19)34-13-12-31-10-2-1-3-11-31/h4-7,14-18H,1-3,8-13,27H2,(H,28,33). The molecule has 0 aliphatic carbocycles. The molecule has 0 saturated carbocycles. The van der Waals surface area contributed by atoms with Gasteiger partial charge in [0.15, 0.2) is 5.65 Å². The first kappa shape index (κ1) is 23.5. The van der Waals surface area contributed by atoms with Gasteiger partial charge < -0.3 is 15.8 Å². The molecule has 0 bridgehead atoms. The van der Waals surface area contributed by atoms with Crippen molar-refractivity contribution in [3.63, 3.8) is 0 Å². The lowest BCUT2D eigenvalue weighted by molar-refractivity contribution is 0.0959. The summed E-state index contributed by atoms with van der Waals surface area (Å²) in [6, 6.07) is 9.98. The third-order valence-corrected chi connectivity index (χ3v) is 7.16. The Labute approximate surface area is 208 Å². The maximum atomic E-state index is 12.2. The minimum Gasteiger partial charge on any atom is -0.492 e. The number of likely N-dealkylation sites (tertiary alicyclic amines) is 1. The van der Waals surface area contributed by atoms with E-state index in [0.717, 1.165) is 40.2 Å². The van der Waals surface area contributed by atoms with Crippen LogP contribution in [0, 0.1) is 0 Å². The molecule has 3 aromatic heterocycles. The molecule has 4 aromatic rings. The van der Waals surface area contributed by atoms with Crippen LogP contribution < -0.4 is 15.8 Å². The SMILES string of the molecule is NCCNC(=O)c1cc(-c2cnn3cc(-c4ccc(OCCN5CCCCC5)cc4)cnc23)cs1. The van der Waals surface area contributed by atoms with Crippen LogP contribution in [0.2, 0.25) is 0 Å². The van der Waals surface area contributed by atoms with E-state index < -0.39 is 0 Å². The molecule has 0 unspecified atom stereocenters. The molecule has 1 aliphatic rings. The molecule has 1 saturated heterocycles. The van der Waals surface area contributed by atoms with E-state index in [1.165, 1.54) is 43.7 Å². The van der Waals surface area contributed by atoms with Gasteiger partial charge in [-0.25, -0.2) is 9.50 Å². The summed E-state index contributed by atoms with van der Waals surface area (Å²) in [5, 5.41) is 9.25. The molecule has 182 valence electrons. The molecule has 0 spiro atoms. The van der Waals surface area contributed by atoms with Crippen LogP contribution in [0.5, 0.6) is 5.75 Å². The molecule has 35 heavy (non-hydrogen) atoms. The van der Waals surface area contributed by atoms with Gasteiger partial charge in [0.1, 0.15) is 12.4 Å². The van der Waals surface area contributed by atoms with Gasteiger partial charge in [0.25, 0.3) is 5.91 Å². The number of carbonyl (C=O) groups excluding carboxylic acids is 1. The van der Waals surface area contributed by atoms with E-state index in [0.29, 0.717) is 24.6 Å². The van der Waals surface area contributed by atoms with Gasteiger partial charge in [0.05, 0.1) is 11.1 Å². The van der Waals surface area contributed by atoms with Crippen LogP contribution >= 0.6 is 11.3 Å². The predicted molar refractivity (Wildman–Crippen MR) is 139 cm³/mol. The zero-order chi connectivity index (χ0) is 24.0. The van der Waals surface area contributed by atoms with Crippen LogP contribution in [0.15, 0.2) is 54.3 Å². The quantitative estimate of drug-likeness (QED) is 0.372. The molecule has 0 atom stereocenters. The fourth-order valence-corrected chi connectivity index (χ4v) is 5.14. The van der Waals surface area contributed by atoms with Crippen molar-refractivity contribution >= 4 is 22.9 Å². The number of thiophene rings is 1. The van der Waals surface area contributed by atoms with E-state index in [4.69, 9.17) is 10.5 Å². The Morgan fingerprint density at radius 1 is 1.09 bits per heavy atom. The number of fused-ring (bicyclic) bond motifs is 1. The highest BCUT2D eigenvalue weighted by Gasteiger charge is 2.14. The Hall–Kier alpha value is -3.27. The van der Waals surface area contributed by atoms with Crippen molar-refractivity contribution in [2.75, 3.05) is 39.3 Å². The average molecular weight is 491 g/mol. The lowest BCUT2D eigenvalue weighted by atomic mass is 10.1. The predicted octanol–water partition coefficient (Wildman–Crippen LogP) is 3.68. The van der Waals surface area contributed by atoms with Crippen LogP contribution in [0.25, 0.3) is 27.9 Å². The maximum absolute atomic E-state index is 12.2. The summed E-state index contributed by atoms with van der Waals surface area (Å²) in [7, 11) is 0. The minimum atomic E-state index is -0.114. The number of carbonyl (C=O) groups is 1. The summed E-state index contributed by atoms with van der Waals surface area (Å²) in [5.41, 5.74) is 10.1. The lowest BCUT2D eigenvalue weighted by Gasteiger charge is -2.26. The fourth-order valence-electron chi connectivity index (χ4n) is 4.32. The zero-order valence-corrected chi connectivity index (χ0v) is 20.5. The largest absolute Gasteiger partial charge is 0.492 e. The Kier molecular flexibility index (Phi) is 7.37.